The van der Waals surface area contributed by atoms with E-state index in [2.05, 4.69) is 15.2 Å². The van der Waals surface area contributed by atoms with Gasteiger partial charge >= 0.3 is 5.91 Å². The Kier molecular flexibility index (Phi) is 4.36. The summed E-state index contributed by atoms with van der Waals surface area (Å²) < 4.78 is 5.12. The Morgan fingerprint density at radius 2 is 1.82 bits per heavy atom. The van der Waals surface area contributed by atoms with Gasteiger partial charge in [-0.1, -0.05) is 30.3 Å². The Bertz CT molecular complexity index is 1040. The van der Waals surface area contributed by atoms with Gasteiger partial charge in [-0.25, -0.2) is 5.10 Å². The first-order valence-corrected chi connectivity index (χ1v) is 8.47. The number of Topliss-reactive ketones (excluding diaryl/α,β-unsaturated/α-hetero) is 1. The van der Waals surface area contributed by atoms with Crippen LogP contribution in [0.3, 0.4) is 0 Å². The number of hydrogen-bond donors (Lipinski definition) is 2. The SMILES string of the molecule is COc1ccc(C(O)=C2C(=O)C(=O)N(c3ncn[nH]3)[C@@H]2c2ccccc2)cc1. The fraction of sp³-hybridized carbons (Fsp3) is 0.100. The smallest absolute Gasteiger partial charge is 0.302 e. The highest BCUT2D eigenvalue weighted by Crippen LogP contribution is 2.40. The maximum atomic E-state index is 12.8. The predicted octanol–water partition coefficient (Wildman–Crippen LogP) is 2.44. The number of nitrogens with one attached hydrogen (secondary N) is 1. The molecule has 0 unspecified atom stereocenters. The molecule has 1 atom stereocenters. The second-order valence-corrected chi connectivity index (χ2v) is 6.12. The lowest BCUT2D eigenvalue weighted by Gasteiger charge is -2.22. The number of aliphatic hydroxyl groups excluding tert-OH is 1. The van der Waals surface area contributed by atoms with Crippen molar-refractivity contribution >= 4 is 23.4 Å². The van der Waals surface area contributed by atoms with Crippen molar-refractivity contribution in [2.24, 2.45) is 0 Å². The van der Waals surface area contributed by atoms with Crippen molar-refractivity contribution in [2.45, 2.75) is 6.04 Å². The molecule has 8 heteroatoms. The molecule has 1 saturated heterocycles. The monoisotopic (exact) mass is 376 g/mol. The van der Waals surface area contributed by atoms with Crippen LogP contribution in [0.15, 0.2) is 66.5 Å². The number of carbonyl (C=O) groups excluding carboxylic acids is 2. The second kappa shape index (κ2) is 6.99. The molecule has 140 valence electrons. The number of aromatic nitrogens is 3. The first-order chi connectivity index (χ1) is 13.6. The number of methoxy groups -OCH3 is 1. The van der Waals surface area contributed by atoms with E-state index in [-0.39, 0.29) is 17.3 Å². The Labute approximate surface area is 160 Å². The van der Waals surface area contributed by atoms with Gasteiger partial charge in [0.2, 0.25) is 5.95 Å². The van der Waals surface area contributed by atoms with Crippen LogP contribution in [0.25, 0.3) is 5.76 Å². The summed E-state index contributed by atoms with van der Waals surface area (Å²) in [6.45, 7) is 0. The van der Waals surface area contributed by atoms with Gasteiger partial charge in [0.15, 0.2) is 0 Å². The zero-order chi connectivity index (χ0) is 19.7. The molecule has 1 amide bonds. The molecule has 4 rings (SSSR count). The van der Waals surface area contributed by atoms with Gasteiger partial charge in [0.1, 0.15) is 17.8 Å². The minimum absolute atomic E-state index is 0.0160. The molecule has 0 spiro atoms. The van der Waals surface area contributed by atoms with Gasteiger partial charge in [0.05, 0.1) is 18.7 Å². The lowest BCUT2D eigenvalue weighted by Crippen LogP contribution is -2.30. The van der Waals surface area contributed by atoms with Crippen LogP contribution >= 0.6 is 0 Å². The Morgan fingerprint density at radius 1 is 1.11 bits per heavy atom. The lowest BCUT2D eigenvalue weighted by atomic mass is 9.95. The molecule has 0 saturated carbocycles. The summed E-state index contributed by atoms with van der Waals surface area (Å²) in [4.78, 5) is 30.8. The zero-order valence-corrected chi connectivity index (χ0v) is 14.9. The van der Waals surface area contributed by atoms with Gasteiger partial charge in [-0.2, -0.15) is 10.1 Å². The largest absolute Gasteiger partial charge is 0.507 e. The van der Waals surface area contributed by atoms with E-state index in [0.29, 0.717) is 16.9 Å². The number of nitrogens with zero attached hydrogens (tertiary/aromatic N) is 3. The topological polar surface area (TPSA) is 108 Å². The molecule has 0 radical (unpaired) electrons. The van der Waals surface area contributed by atoms with Gasteiger partial charge in [-0.05, 0) is 29.8 Å². The third-order valence-electron chi connectivity index (χ3n) is 4.55. The number of carbonyl (C=O) groups is 2. The lowest BCUT2D eigenvalue weighted by molar-refractivity contribution is -0.132. The summed E-state index contributed by atoms with van der Waals surface area (Å²) in [5.41, 5.74) is 1.04. The fourth-order valence-corrected chi connectivity index (χ4v) is 3.22. The quantitative estimate of drug-likeness (QED) is 0.411. The fourth-order valence-electron chi connectivity index (χ4n) is 3.22. The van der Waals surface area contributed by atoms with Gasteiger partial charge in [-0.15, -0.1) is 0 Å². The van der Waals surface area contributed by atoms with E-state index in [9.17, 15) is 14.7 Å². The number of hydrogen-bond acceptors (Lipinski definition) is 6. The summed E-state index contributed by atoms with van der Waals surface area (Å²) >= 11 is 0. The van der Waals surface area contributed by atoms with Crippen LogP contribution < -0.4 is 9.64 Å². The molecule has 8 nitrogen and oxygen atoms in total. The van der Waals surface area contributed by atoms with Crippen molar-refractivity contribution in [3.63, 3.8) is 0 Å². The summed E-state index contributed by atoms with van der Waals surface area (Å²) in [6.07, 6.45) is 1.25. The third kappa shape index (κ3) is 2.81. The molecule has 1 fully saturated rings. The molecular formula is C20H16N4O4. The van der Waals surface area contributed by atoms with E-state index >= 15 is 0 Å². The minimum Gasteiger partial charge on any atom is -0.507 e. The first kappa shape index (κ1) is 17.5. The second-order valence-electron chi connectivity index (χ2n) is 6.12. The van der Waals surface area contributed by atoms with E-state index in [4.69, 9.17) is 4.74 Å². The van der Waals surface area contributed by atoms with Crippen LogP contribution in [0, 0.1) is 0 Å². The van der Waals surface area contributed by atoms with Crippen LogP contribution in [0.2, 0.25) is 0 Å². The molecule has 2 aromatic carbocycles. The third-order valence-corrected chi connectivity index (χ3v) is 4.55. The maximum absolute atomic E-state index is 12.8. The average Bonchev–Trinajstić information content (AvgIpc) is 3.35. The average molecular weight is 376 g/mol. The van der Waals surface area contributed by atoms with Crippen molar-refractivity contribution in [3.05, 3.63) is 77.6 Å². The van der Waals surface area contributed by atoms with Crippen LogP contribution in [0.1, 0.15) is 17.2 Å². The number of anilines is 1. The van der Waals surface area contributed by atoms with Crippen LogP contribution in [0.5, 0.6) is 5.75 Å². The van der Waals surface area contributed by atoms with Gasteiger partial charge < -0.3 is 9.84 Å². The number of benzene rings is 2. The van der Waals surface area contributed by atoms with Crippen molar-refractivity contribution in [1.82, 2.24) is 15.2 Å². The van der Waals surface area contributed by atoms with E-state index in [0.717, 1.165) is 0 Å². The summed E-state index contributed by atoms with van der Waals surface area (Å²) in [5.74, 6) is -1.11. The van der Waals surface area contributed by atoms with Crippen molar-refractivity contribution in [1.29, 1.82) is 0 Å². The van der Waals surface area contributed by atoms with E-state index in [1.807, 2.05) is 6.07 Å². The molecule has 0 aliphatic carbocycles. The number of amides is 1. The molecule has 2 heterocycles. The van der Waals surface area contributed by atoms with E-state index < -0.39 is 17.7 Å². The molecule has 28 heavy (non-hydrogen) atoms. The number of aliphatic hydroxyl groups is 1. The number of rotatable bonds is 4. The van der Waals surface area contributed by atoms with Crippen LogP contribution in [-0.4, -0.2) is 39.1 Å². The van der Waals surface area contributed by atoms with Gasteiger partial charge in [0.25, 0.3) is 5.78 Å². The molecule has 1 aliphatic heterocycles. The molecule has 3 aromatic rings. The molecule has 1 aromatic heterocycles. The number of aromatic amines is 1. The highest BCUT2D eigenvalue weighted by Gasteiger charge is 2.48. The highest BCUT2D eigenvalue weighted by molar-refractivity contribution is 6.51. The summed E-state index contributed by atoms with van der Waals surface area (Å²) in [7, 11) is 1.53. The Hall–Kier alpha value is -3.94. The molecule has 1 aliphatic rings. The van der Waals surface area contributed by atoms with Crippen molar-refractivity contribution in [3.8, 4) is 5.75 Å². The number of ether oxygens (including phenoxy) is 1. The minimum atomic E-state index is -0.837. The summed E-state index contributed by atoms with van der Waals surface area (Å²) in [6, 6.07) is 14.7. The van der Waals surface area contributed by atoms with Crippen molar-refractivity contribution in [2.75, 3.05) is 12.0 Å². The number of H-pyrrole nitrogens is 1. The maximum Gasteiger partial charge on any atom is 0.302 e. The Morgan fingerprint density at radius 3 is 2.43 bits per heavy atom. The number of ketones is 1. The normalized spacial score (nSPS) is 18.5. The standard InChI is InChI=1S/C20H16N4O4/c1-28-14-9-7-13(8-10-14)17(25)15-16(12-5-3-2-4-6-12)24(19(27)18(15)26)20-21-11-22-23-20/h2-11,16,25H,1H3,(H,21,22,23)/t16-/m1/s1. The highest BCUT2D eigenvalue weighted by atomic mass is 16.5. The first-order valence-electron chi connectivity index (χ1n) is 8.47. The van der Waals surface area contributed by atoms with Crippen LogP contribution in [0.4, 0.5) is 5.95 Å². The van der Waals surface area contributed by atoms with Crippen molar-refractivity contribution < 1.29 is 19.4 Å². The zero-order valence-electron chi connectivity index (χ0n) is 14.9. The molecular weight excluding hydrogens is 360 g/mol. The van der Waals surface area contributed by atoms with Gasteiger partial charge in [0, 0.05) is 5.56 Å². The predicted molar refractivity (Wildman–Crippen MR) is 101 cm³/mol. The molecule has 2 N–H and O–H groups in total. The van der Waals surface area contributed by atoms with E-state index in [1.54, 1.807) is 48.5 Å². The molecule has 0 bridgehead atoms. The van der Waals surface area contributed by atoms with E-state index in [1.165, 1.54) is 18.3 Å². The van der Waals surface area contributed by atoms with Crippen LogP contribution in [-0.2, 0) is 9.59 Å². The summed E-state index contributed by atoms with van der Waals surface area (Å²) in [5, 5.41) is 17.3. The van der Waals surface area contributed by atoms with Gasteiger partial charge in [-0.3, -0.25) is 14.5 Å². The Balaban J connectivity index is 1.90.